The van der Waals surface area contributed by atoms with Gasteiger partial charge in [-0.1, -0.05) is 23.7 Å². The molecule has 3 N–H and O–H groups in total. The van der Waals surface area contributed by atoms with E-state index in [1.165, 1.54) is 6.07 Å². The van der Waals surface area contributed by atoms with E-state index in [1.807, 2.05) is 35.3 Å². The molecule has 1 aliphatic heterocycles. The number of nitrogens with two attached hydrogens (primary N) is 1. The molecule has 1 unspecified atom stereocenters. The van der Waals surface area contributed by atoms with E-state index in [2.05, 4.69) is 20.6 Å². The topological polar surface area (TPSA) is 117 Å². The zero-order valence-corrected chi connectivity index (χ0v) is 18.3. The molecule has 2 fully saturated rings. The molecule has 2 aromatic heterocycles. The number of amides is 1. The minimum Gasteiger partial charge on any atom is -0.494 e. The van der Waals surface area contributed by atoms with Crippen molar-refractivity contribution in [3.05, 3.63) is 47.5 Å². The van der Waals surface area contributed by atoms with Crippen LogP contribution in [0.5, 0.6) is 5.75 Å². The van der Waals surface area contributed by atoms with E-state index in [0.29, 0.717) is 17.1 Å². The van der Waals surface area contributed by atoms with Crippen molar-refractivity contribution in [3.8, 4) is 16.9 Å². The lowest BCUT2D eigenvalue weighted by Crippen LogP contribution is -2.47. The van der Waals surface area contributed by atoms with Crippen LogP contribution in [0.4, 0.5) is 11.4 Å². The quantitative estimate of drug-likeness (QED) is 0.582. The minimum absolute atomic E-state index is 0.0125. The highest BCUT2D eigenvalue weighted by atomic mass is 35.5. The van der Waals surface area contributed by atoms with Gasteiger partial charge < -0.3 is 20.5 Å². The van der Waals surface area contributed by atoms with E-state index < -0.39 is 5.91 Å². The molecular weight excluding hydrogens is 432 g/mol. The number of methoxy groups -OCH3 is 1. The van der Waals surface area contributed by atoms with Gasteiger partial charge in [0.15, 0.2) is 10.8 Å². The molecule has 3 aromatic rings. The average molecular weight is 455 g/mol. The number of para-hydroxylation sites is 1. The normalized spacial score (nSPS) is 22.0. The highest BCUT2D eigenvalue weighted by Gasteiger charge is 2.51. The molecule has 1 saturated heterocycles. The van der Waals surface area contributed by atoms with Crippen molar-refractivity contribution >= 4 is 28.9 Å². The first kappa shape index (κ1) is 20.7. The molecule has 1 amide bonds. The number of primary amides is 1. The maximum atomic E-state index is 11.8. The fourth-order valence-electron chi connectivity index (χ4n) is 4.67. The van der Waals surface area contributed by atoms with Crippen LogP contribution in [-0.2, 0) is 4.74 Å². The predicted octanol–water partition coefficient (Wildman–Crippen LogP) is 3.73. The fraction of sp³-hybridized carbons (Fsp3) is 0.364. The van der Waals surface area contributed by atoms with Gasteiger partial charge in [0.2, 0.25) is 0 Å². The number of carbonyl (C=O) groups excluding carboxylic acids is 1. The first-order valence-corrected chi connectivity index (χ1v) is 10.8. The van der Waals surface area contributed by atoms with E-state index >= 15 is 0 Å². The van der Waals surface area contributed by atoms with Crippen LogP contribution in [0.2, 0.25) is 5.15 Å². The van der Waals surface area contributed by atoms with Crippen LogP contribution in [0.3, 0.4) is 0 Å². The van der Waals surface area contributed by atoms with Crippen molar-refractivity contribution < 1.29 is 14.3 Å². The highest BCUT2D eigenvalue weighted by Crippen LogP contribution is 2.51. The Morgan fingerprint density at radius 2 is 2.22 bits per heavy atom. The molecule has 32 heavy (non-hydrogen) atoms. The second kappa shape index (κ2) is 8.07. The Bertz CT molecular complexity index is 1170. The SMILES string of the molecule is COc1c(Nc2cc(Cl)nnc2C(N)=O)cccc1-c1cnn(C2CC[C@]23CCCO3)c1. The van der Waals surface area contributed by atoms with Gasteiger partial charge in [0.1, 0.15) is 5.75 Å². The molecule has 10 heteroatoms. The molecule has 2 atom stereocenters. The summed E-state index contributed by atoms with van der Waals surface area (Å²) in [5.41, 5.74) is 8.12. The number of hydrogen-bond acceptors (Lipinski definition) is 7. The van der Waals surface area contributed by atoms with Crippen molar-refractivity contribution in [2.24, 2.45) is 5.73 Å². The highest BCUT2D eigenvalue weighted by molar-refractivity contribution is 6.29. The number of carbonyl (C=O) groups is 1. The summed E-state index contributed by atoms with van der Waals surface area (Å²) in [6.45, 7) is 0.827. The molecule has 166 valence electrons. The van der Waals surface area contributed by atoms with Crippen LogP contribution in [-0.4, -0.2) is 45.2 Å². The molecule has 1 aromatic carbocycles. The van der Waals surface area contributed by atoms with Gasteiger partial charge in [-0.05, 0) is 31.7 Å². The average Bonchev–Trinajstić information content (AvgIpc) is 3.44. The second-order valence-electron chi connectivity index (χ2n) is 8.09. The number of anilines is 2. The maximum absolute atomic E-state index is 11.8. The van der Waals surface area contributed by atoms with Gasteiger partial charge in [-0.25, -0.2) is 0 Å². The van der Waals surface area contributed by atoms with Gasteiger partial charge in [0.25, 0.3) is 5.91 Å². The van der Waals surface area contributed by atoms with Crippen LogP contribution >= 0.6 is 11.6 Å². The third-order valence-electron chi connectivity index (χ3n) is 6.30. The standard InChI is InChI=1S/C22H23ClN6O3/c1-31-20-14(13-11-25-29(12-13)17-6-8-22(17)7-3-9-32-22)4-2-5-15(20)26-16-10-18(23)27-28-19(16)21(24)30/h2,4-5,10-12,17H,3,6-9H2,1H3,(H2,24,30)(H,26,27)/t17?,22-/m1/s1. The van der Waals surface area contributed by atoms with Gasteiger partial charge in [0, 0.05) is 30.0 Å². The number of nitrogens with zero attached hydrogens (tertiary/aromatic N) is 4. The Kier molecular flexibility index (Phi) is 5.22. The molecular formula is C22H23ClN6O3. The molecule has 1 spiro atoms. The van der Waals surface area contributed by atoms with Crippen molar-refractivity contribution in [2.45, 2.75) is 37.3 Å². The van der Waals surface area contributed by atoms with E-state index in [0.717, 1.165) is 43.4 Å². The number of rotatable bonds is 6. The number of halogens is 1. The van der Waals surface area contributed by atoms with Gasteiger partial charge in [-0.15, -0.1) is 10.2 Å². The Balaban J connectivity index is 1.48. The summed E-state index contributed by atoms with van der Waals surface area (Å²) in [6, 6.07) is 7.44. The van der Waals surface area contributed by atoms with Gasteiger partial charge in [-0.2, -0.15) is 5.10 Å². The lowest BCUT2D eigenvalue weighted by molar-refractivity contribution is -0.105. The summed E-state index contributed by atoms with van der Waals surface area (Å²) in [5.74, 6) is -0.118. The monoisotopic (exact) mass is 454 g/mol. The Morgan fingerprint density at radius 1 is 1.34 bits per heavy atom. The number of nitrogens with one attached hydrogen (secondary N) is 1. The zero-order chi connectivity index (χ0) is 22.3. The third-order valence-corrected chi connectivity index (χ3v) is 6.48. The summed E-state index contributed by atoms with van der Waals surface area (Å²) < 4.78 is 13.8. The van der Waals surface area contributed by atoms with E-state index in [-0.39, 0.29) is 22.5 Å². The van der Waals surface area contributed by atoms with E-state index in [1.54, 1.807) is 7.11 Å². The summed E-state index contributed by atoms with van der Waals surface area (Å²) in [7, 11) is 1.59. The van der Waals surface area contributed by atoms with Crippen LogP contribution in [0.25, 0.3) is 11.1 Å². The maximum Gasteiger partial charge on any atom is 0.271 e. The molecule has 1 saturated carbocycles. The Labute approximate surface area is 189 Å². The number of aromatic nitrogens is 4. The predicted molar refractivity (Wildman–Crippen MR) is 119 cm³/mol. The molecule has 1 aliphatic carbocycles. The summed E-state index contributed by atoms with van der Waals surface area (Å²) in [4.78, 5) is 11.8. The van der Waals surface area contributed by atoms with Gasteiger partial charge >= 0.3 is 0 Å². The van der Waals surface area contributed by atoms with Crippen molar-refractivity contribution in [1.82, 2.24) is 20.0 Å². The number of hydrogen-bond donors (Lipinski definition) is 2. The zero-order valence-electron chi connectivity index (χ0n) is 17.5. The van der Waals surface area contributed by atoms with Crippen molar-refractivity contribution in [1.29, 1.82) is 0 Å². The molecule has 0 bridgehead atoms. The summed E-state index contributed by atoms with van der Waals surface area (Å²) in [5, 5.41) is 15.4. The van der Waals surface area contributed by atoms with Crippen LogP contribution in [0.1, 0.15) is 42.2 Å². The second-order valence-corrected chi connectivity index (χ2v) is 8.47. The summed E-state index contributed by atoms with van der Waals surface area (Å²) >= 11 is 5.97. The molecule has 9 nitrogen and oxygen atoms in total. The fourth-order valence-corrected chi connectivity index (χ4v) is 4.82. The lowest BCUT2D eigenvalue weighted by atomic mass is 9.73. The molecule has 2 aliphatic rings. The third kappa shape index (κ3) is 3.47. The van der Waals surface area contributed by atoms with E-state index in [4.69, 9.17) is 26.8 Å². The Hall–Kier alpha value is -3.17. The molecule has 5 rings (SSSR count). The van der Waals surface area contributed by atoms with Crippen molar-refractivity contribution in [2.75, 3.05) is 19.0 Å². The lowest BCUT2D eigenvalue weighted by Gasteiger charge is -2.45. The Morgan fingerprint density at radius 3 is 2.91 bits per heavy atom. The minimum atomic E-state index is -0.711. The van der Waals surface area contributed by atoms with Gasteiger partial charge in [-0.3, -0.25) is 9.48 Å². The molecule has 3 heterocycles. The first-order valence-electron chi connectivity index (χ1n) is 10.5. The number of ether oxygens (including phenoxy) is 2. The molecule has 0 radical (unpaired) electrons. The van der Waals surface area contributed by atoms with Gasteiger partial charge in [0.05, 0.1) is 36.3 Å². The van der Waals surface area contributed by atoms with Crippen LogP contribution in [0.15, 0.2) is 36.7 Å². The van der Waals surface area contributed by atoms with E-state index in [9.17, 15) is 4.79 Å². The largest absolute Gasteiger partial charge is 0.494 e. The first-order chi connectivity index (χ1) is 15.5. The summed E-state index contributed by atoms with van der Waals surface area (Å²) in [6.07, 6.45) is 8.20. The smallest absolute Gasteiger partial charge is 0.271 e. The van der Waals surface area contributed by atoms with Crippen LogP contribution < -0.4 is 15.8 Å². The number of benzene rings is 1. The van der Waals surface area contributed by atoms with Crippen LogP contribution in [0, 0.1) is 0 Å². The van der Waals surface area contributed by atoms with Crippen molar-refractivity contribution in [3.63, 3.8) is 0 Å².